The van der Waals surface area contributed by atoms with E-state index in [1.54, 1.807) is 14.2 Å². The fourth-order valence-corrected chi connectivity index (χ4v) is 16.2. The van der Waals surface area contributed by atoms with Crippen molar-refractivity contribution in [1.29, 1.82) is 0 Å². The van der Waals surface area contributed by atoms with Crippen molar-refractivity contribution in [2.75, 3.05) is 34.0 Å². The standard InChI is InChI=1S/C15H22O3.C14H20O.C14H26O.C14H20O.C13H17FO.C13H18O2.2C13H18O.C12H15BrO.C10H18O2/c1-10(2)13(16)7-6-12-8-11(3)15(18-5)14(9-12)17-4;1-11(2)14(15)6-4-5-13-9-7-12(3)8-10-13;2*1-12(2)14(15)11-7-6-10-13-8-4-3-5-9-13;1-9(2)13(15)5-4-11-6-10(3)7-12(14)8-11;1-11(2)13(14)9-6-10-15-12-7-4-3-5-8-12;1-10(2)13(14)9-8-12-6-4-11(3)5-7-12;1-10(2)13(14)9-8-12-7-5-4-6-11(12)3;1-9(2)12(14)8-7-10-5-3-4-6-11(10)13;1-8(2)10(11)4-3-9-5-6-12-7-9/h8-10H,6-7H2,1-5H3;7-11H,4-6H2,1-3H3;12-13H,3-11H2,1-2H3;3-5,8-9,12H,6-7,10-11H2,1-2H3;6-9H,4-5H2,1-3H3;3-5,7-8,11H,6,9-10H2,1-2H3;2*4-7,10H,8-9H2,1-3H3;3-6,9H,7-8H2,1-2H3;8-9H,3-7H2,1-2H3. The van der Waals surface area contributed by atoms with E-state index in [1.807, 2.05) is 231 Å². The molecule has 1 saturated heterocycles. The summed E-state index contributed by atoms with van der Waals surface area (Å²) < 4.78 is 35.4. The number of hydrogen-bond donors (Lipinski definition) is 0. The summed E-state index contributed by atoms with van der Waals surface area (Å²) >= 11 is 3.47. The molecule has 814 valence electrons. The zero-order chi connectivity index (χ0) is 110. The molecule has 8 aromatic carbocycles. The number of ether oxygens (including phenoxy) is 4. The van der Waals surface area contributed by atoms with Gasteiger partial charge in [0.2, 0.25) is 0 Å². The van der Waals surface area contributed by atoms with Crippen LogP contribution in [0.5, 0.6) is 17.2 Å². The molecule has 0 aromatic heterocycles. The van der Waals surface area contributed by atoms with Crippen LogP contribution in [0, 0.1) is 111 Å². The summed E-state index contributed by atoms with van der Waals surface area (Å²) in [6, 6.07) is 62.3. The Morgan fingerprint density at radius 1 is 0.313 bits per heavy atom. The molecule has 0 amide bonds. The molecule has 1 aliphatic carbocycles. The van der Waals surface area contributed by atoms with Crippen LogP contribution < -0.4 is 14.2 Å². The molecule has 0 bridgehead atoms. The summed E-state index contributed by atoms with van der Waals surface area (Å²) in [5, 5.41) is 0. The number of benzene rings is 8. The van der Waals surface area contributed by atoms with Gasteiger partial charge in [0.15, 0.2) is 11.5 Å². The number of rotatable bonds is 49. The van der Waals surface area contributed by atoms with E-state index < -0.39 is 0 Å². The third-order valence-electron chi connectivity index (χ3n) is 26.3. The van der Waals surface area contributed by atoms with E-state index >= 15 is 0 Å². The number of para-hydroxylation sites is 1. The minimum absolute atomic E-state index is 0.0691. The summed E-state index contributed by atoms with van der Waals surface area (Å²) in [6.07, 6.45) is 29.8. The number of Topliss-reactive ketones (excluding diaryl/α,β-unsaturated/α-hetero) is 10. The zero-order valence-electron chi connectivity index (χ0n) is 95.8. The third kappa shape index (κ3) is 66.4. The van der Waals surface area contributed by atoms with E-state index in [1.165, 1.54) is 102 Å². The SMILES string of the molecule is CC(C)C(=O)CCC1CCOC1.CC(C)C(=O)CCCCC1CCCCC1.CC(C)C(=O)CCCCc1ccccc1.CC(C)C(=O)CCCOc1ccccc1.CC(C)C(=O)CCc1ccccc1Br.COc1cc(CCC(=O)C(C)C)cc(C)c1OC.Cc1cc(F)cc(CCC(=O)C(C)C)c1.Cc1ccc(CCC(=O)C(C)C)cc1.Cc1ccc(CCCC(=O)C(C)C)cc1.Cc1ccccc1CCC(=O)C(C)C. The van der Waals surface area contributed by atoms with Gasteiger partial charge in [-0.1, -0.05) is 362 Å². The van der Waals surface area contributed by atoms with E-state index in [0.29, 0.717) is 116 Å². The molecule has 2 aliphatic rings. The van der Waals surface area contributed by atoms with Gasteiger partial charge in [0.05, 0.1) is 20.8 Å². The van der Waals surface area contributed by atoms with Gasteiger partial charge in [0.1, 0.15) is 69.4 Å². The smallest absolute Gasteiger partial charge is 0.163 e. The molecular formula is C131H192BrFO14. The van der Waals surface area contributed by atoms with E-state index in [-0.39, 0.29) is 70.8 Å². The van der Waals surface area contributed by atoms with E-state index in [2.05, 4.69) is 134 Å². The van der Waals surface area contributed by atoms with Crippen molar-refractivity contribution >= 4 is 73.8 Å². The van der Waals surface area contributed by atoms with Gasteiger partial charge in [0.25, 0.3) is 0 Å². The molecule has 147 heavy (non-hydrogen) atoms. The average molecular weight is 2090 g/mol. The highest BCUT2D eigenvalue weighted by Crippen LogP contribution is 2.34. The van der Waals surface area contributed by atoms with Crippen LogP contribution in [0.25, 0.3) is 0 Å². The highest BCUT2D eigenvalue weighted by Gasteiger charge is 2.21. The number of halogens is 2. The lowest BCUT2D eigenvalue weighted by Gasteiger charge is -2.21. The maximum absolute atomic E-state index is 13.0. The first-order valence-corrected chi connectivity index (χ1v) is 55.9. The summed E-state index contributed by atoms with van der Waals surface area (Å²) in [6.45, 7) is 51.5. The van der Waals surface area contributed by atoms with Crippen molar-refractivity contribution in [1.82, 2.24) is 0 Å². The lowest BCUT2D eigenvalue weighted by Crippen LogP contribution is -2.09. The molecule has 8 aromatic rings. The van der Waals surface area contributed by atoms with E-state index in [4.69, 9.17) is 18.9 Å². The van der Waals surface area contributed by atoms with Crippen LogP contribution in [0.4, 0.5) is 4.39 Å². The van der Waals surface area contributed by atoms with Gasteiger partial charge in [-0.2, -0.15) is 0 Å². The number of ketones is 10. The molecule has 1 atom stereocenters. The van der Waals surface area contributed by atoms with Crippen molar-refractivity contribution < 1.29 is 71.3 Å². The van der Waals surface area contributed by atoms with E-state index in [9.17, 15) is 52.3 Å². The molecule has 0 spiro atoms. The summed E-state index contributed by atoms with van der Waals surface area (Å²) in [5.41, 5.74) is 14.2. The fraction of sp³-hybridized carbons (Fsp3) is 0.557. The second-order valence-corrected chi connectivity index (χ2v) is 43.7. The van der Waals surface area contributed by atoms with Crippen LogP contribution >= 0.6 is 15.9 Å². The maximum Gasteiger partial charge on any atom is 0.163 e. The van der Waals surface area contributed by atoms with Crippen molar-refractivity contribution in [3.05, 3.63) is 265 Å². The Labute approximate surface area is 898 Å². The molecule has 0 radical (unpaired) electrons. The Hall–Kier alpha value is -9.77. The topological polar surface area (TPSA) is 208 Å². The lowest BCUT2D eigenvalue weighted by molar-refractivity contribution is -0.122. The highest BCUT2D eigenvalue weighted by atomic mass is 79.9. The second-order valence-electron chi connectivity index (χ2n) is 42.8. The first-order valence-electron chi connectivity index (χ1n) is 55.1. The third-order valence-corrected chi connectivity index (χ3v) is 27.0. The van der Waals surface area contributed by atoms with Gasteiger partial charge in [-0.15, -0.1) is 0 Å². The normalized spacial score (nSPS) is 12.4. The largest absolute Gasteiger partial charge is 0.494 e. The monoisotopic (exact) mass is 2090 g/mol. The molecule has 1 saturated carbocycles. The summed E-state index contributed by atoms with van der Waals surface area (Å²) in [4.78, 5) is 114. The molecule has 1 heterocycles. The fourth-order valence-electron chi connectivity index (χ4n) is 15.7. The zero-order valence-corrected chi connectivity index (χ0v) is 97.4. The van der Waals surface area contributed by atoms with Gasteiger partial charge in [0, 0.05) is 141 Å². The average Bonchev–Trinajstić information content (AvgIpc) is 1.61. The molecular weight excluding hydrogens is 1900 g/mol. The second kappa shape index (κ2) is 80.2. The molecule has 2 fully saturated rings. The Bertz CT molecular complexity index is 4820. The van der Waals surface area contributed by atoms with Crippen molar-refractivity contribution in [2.45, 2.75) is 372 Å². The van der Waals surface area contributed by atoms with Crippen LogP contribution in [0.3, 0.4) is 0 Å². The van der Waals surface area contributed by atoms with Gasteiger partial charge >= 0.3 is 0 Å². The Balaban J connectivity index is 0.000000818. The number of methoxy groups -OCH3 is 2. The Morgan fingerprint density at radius 2 is 0.687 bits per heavy atom. The molecule has 14 nitrogen and oxygen atoms in total. The number of hydrogen-bond acceptors (Lipinski definition) is 14. The van der Waals surface area contributed by atoms with Crippen molar-refractivity contribution in [3.63, 3.8) is 0 Å². The highest BCUT2D eigenvalue weighted by molar-refractivity contribution is 9.10. The first-order chi connectivity index (χ1) is 69.7. The van der Waals surface area contributed by atoms with Crippen molar-refractivity contribution in [2.24, 2.45) is 71.0 Å². The maximum atomic E-state index is 13.0. The summed E-state index contributed by atoms with van der Waals surface area (Å²) in [5.74, 6) is 8.86. The number of carbonyl (C=O) groups excluding carboxylic acids is 10. The Morgan fingerprint density at radius 3 is 1.12 bits per heavy atom. The van der Waals surface area contributed by atoms with Crippen LogP contribution in [-0.4, -0.2) is 91.9 Å². The molecule has 1 unspecified atom stereocenters. The van der Waals surface area contributed by atoms with Crippen molar-refractivity contribution in [3.8, 4) is 17.2 Å². The minimum Gasteiger partial charge on any atom is -0.494 e. The van der Waals surface area contributed by atoms with Crippen LogP contribution in [0.15, 0.2) is 193 Å². The van der Waals surface area contributed by atoms with Crippen LogP contribution in [-0.2, 0) is 97.6 Å². The number of carbonyl (C=O) groups is 10. The molecule has 16 heteroatoms. The number of unbranched alkanes of at least 4 members (excludes halogenated alkanes) is 2. The van der Waals surface area contributed by atoms with Crippen LogP contribution in [0.1, 0.15) is 359 Å². The van der Waals surface area contributed by atoms with Gasteiger partial charge < -0.3 is 18.9 Å². The predicted molar refractivity (Wildman–Crippen MR) is 614 cm³/mol. The lowest BCUT2D eigenvalue weighted by atomic mass is 9.85. The quantitative estimate of drug-likeness (QED) is 0.0325. The Kier molecular flexibility index (Phi) is 73.8. The van der Waals surface area contributed by atoms with E-state index in [0.717, 1.165) is 166 Å². The molecule has 0 N–H and O–H groups in total. The number of aryl methyl sites for hydroxylation is 12. The van der Waals surface area contributed by atoms with Crippen LogP contribution in [0.2, 0.25) is 0 Å². The molecule has 1 aliphatic heterocycles. The first kappa shape index (κ1) is 135. The minimum atomic E-state index is -0.220. The molecule has 10 rings (SSSR count). The summed E-state index contributed by atoms with van der Waals surface area (Å²) in [7, 11) is 3.26. The predicted octanol–water partition coefficient (Wildman–Crippen LogP) is 33.0. The van der Waals surface area contributed by atoms with Gasteiger partial charge in [-0.25, -0.2) is 4.39 Å². The van der Waals surface area contributed by atoms with Gasteiger partial charge in [-0.3, -0.25) is 47.9 Å². The van der Waals surface area contributed by atoms with Gasteiger partial charge in [-0.05, 0) is 228 Å².